The summed E-state index contributed by atoms with van der Waals surface area (Å²) in [6, 6.07) is 8.18. The topological polar surface area (TPSA) is 89.3 Å². The van der Waals surface area contributed by atoms with Crippen LogP contribution in [0.25, 0.3) is 22.6 Å². The molecular formula is C21H12F4N4O3S. The monoisotopic (exact) mass is 476 g/mol. The fourth-order valence-electron chi connectivity index (χ4n) is 2.94. The number of carbonyl (C=O) groups excluding carboxylic acids is 1. The predicted molar refractivity (Wildman–Crippen MR) is 114 cm³/mol. The van der Waals surface area contributed by atoms with Crippen molar-refractivity contribution in [2.45, 2.75) is 0 Å². The predicted octanol–water partition coefficient (Wildman–Crippen LogP) is 4.58. The van der Waals surface area contributed by atoms with E-state index in [9.17, 15) is 22.4 Å². The molecule has 1 amide bonds. The van der Waals surface area contributed by atoms with E-state index in [1.54, 1.807) is 42.7 Å². The number of hydrogen-bond donors (Lipinski definition) is 2. The molecule has 0 spiro atoms. The molecule has 0 bridgehead atoms. The van der Waals surface area contributed by atoms with Crippen LogP contribution in [0.4, 0.5) is 23.2 Å². The Hall–Kier alpha value is -4.06. The second-order valence-electron chi connectivity index (χ2n) is 6.52. The van der Waals surface area contributed by atoms with Gasteiger partial charge in [-0.15, -0.1) is 0 Å². The molecule has 168 valence electrons. The quantitative estimate of drug-likeness (QED) is 0.253. The number of benzene rings is 2. The maximum Gasteiger partial charge on any atom is 0.263 e. The molecule has 7 nitrogen and oxygen atoms in total. The largest absolute Gasteiger partial charge is 0.491 e. The molecule has 33 heavy (non-hydrogen) atoms. The number of amides is 1. The van der Waals surface area contributed by atoms with Crippen molar-refractivity contribution < 1.29 is 31.5 Å². The van der Waals surface area contributed by atoms with Crippen molar-refractivity contribution in [3.8, 4) is 17.2 Å². The Labute approximate surface area is 188 Å². The highest BCUT2D eigenvalue weighted by Gasteiger charge is 2.30. The second-order valence-corrected chi connectivity index (χ2v) is 6.92. The number of pyridine rings is 1. The van der Waals surface area contributed by atoms with Gasteiger partial charge >= 0.3 is 0 Å². The number of carbonyl (C=O) groups is 1. The van der Waals surface area contributed by atoms with Gasteiger partial charge in [-0.25, -0.2) is 13.8 Å². The van der Waals surface area contributed by atoms with Crippen molar-refractivity contribution in [2.24, 2.45) is 0 Å². The van der Waals surface area contributed by atoms with Crippen molar-refractivity contribution in [1.29, 1.82) is 0 Å². The minimum atomic E-state index is -1.92. The third-order valence-electron chi connectivity index (χ3n) is 4.44. The number of ether oxygens (including phenoxy) is 1. The fourth-order valence-corrected chi connectivity index (χ4v) is 3.15. The maximum atomic E-state index is 14.1. The zero-order chi connectivity index (χ0) is 23.7. The molecule has 0 aliphatic heterocycles. The number of thiocarbonyl (C=S) groups is 1. The molecule has 0 saturated carbocycles. The summed E-state index contributed by atoms with van der Waals surface area (Å²) in [6.07, 6.45) is 3.19. The number of aromatic nitrogens is 2. The molecule has 12 heteroatoms. The van der Waals surface area contributed by atoms with Crippen LogP contribution in [0.15, 0.2) is 47.1 Å². The Morgan fingerprint density at radius 1 is 1.09 bits per heavy atom. The summed E-state index contributed by atoms with van der Waals surface area (Å²) < 4.78 is 65.9. The number of nitrogens with zero attached hydrogens (tertiary/aromatic N) is 2. The first-order chi connectivity index (χ1) is 15.8. The van der Waals surface area contributed by atoms with Crippen LogP contribution in [0.3, 0.4) is 0 Å². The molecule has 4 aromatic rings. The number of hydrogen-bond acceptors (Lipinski definition) is 6. The Morgan fingerprint density at radius 3 is 2.45 bits per heavy atom. The summed E-state index contributed by atoms with van der Waals surface area (Å²) in [6.45, 7) is 0. The van der Waals surface area contributed by atoms with Crippen LogP contribution in [0.5, 0.6) is 5.75 Å². The molecule has 0 radical (unpaired) electrons. The number of oxazole rings is 1. The lowest BCUT2D eigenvalue weighted by Crippen LogP contribution is -2.35. The molecule has 2 heterocycles. The SMILES string of the molecule is COc1c(F)c(F)c(C(=O)NC(=S)Nc2ccc3oc(-c4cccnc4)nc3c2)c(F)c1F. The lowest BCUT2D eigenvalue weighted by molar-refractivity contribution is 0.0966. The number of methoxy groups -OCH3 is 1. The van der Waals surface area contributed by atoms with Crippen molar-refractivity contribution in [1.82, 2.24) is 15.3 Å². The van der Waals surface area contributed by atoms with Gasteiger partial charge in [0.05, 0.1) is 12.7 Å². The van der Waals surface area contributed by atoms with E-state index in [0.29, 0.717) is 28.2 Å². The van der Waals surface area contributed by atoms with E-state index in [4.69, 9.17) is 16.6 Å². The highest BCUT2D eigenvalue weighted by molar-refractivity contribution is 7.80. The minimum Gasteiger partial charge on any atom is -0.491 e. The average Bonchev–Trinajstić information content (AvgIpc) is 3.22. The second kappa shape index (κ2) is 8.82. The molecule has 0 fully saturated rings. The zero-order valence-corrected chi connectivity index (χ0v) is 17.4. The Kier molecular flexibility index (Phi) is 5.92. The lowest BCUT2D eigenvalue weighted by Gasteiger charge is -2.12. The van der Waals surface area contributed by atoms with E-state index in [0.717, 1.165) is 7.11 Å². The zero-order valence-electron chi connectivity index (χ0n) is 16.6. The molecule has 0 aliphatic carbocycles. The molecule has 0 aliphatic rings. The molecule has 2 aromatic heterocycles. The molecule has 0 unspecified atom stereocenters. The van der Waals surface area contributed by atoms with Crippen molar-refractivity contribution in [3.63, 3.8) is 0 Å². The fraction of sp³-hybridized carbons (Fsp3) is 0.0476. The van der Waals surface area contributed by atoms with Gasteiger partial charge in [-0.3, -0.25) is 15.1 Å². The molecule has 2 aromatic carbocycles. The molecular weight excluding hydrogens is 464 g/mol. The van der Waals surface area contributed by atoms with E-state index >= 15 is 0 Å². The minimum absolute atomic E-state index is 0.334. The van der Waals surface area contributed by atoms with Gasteiger partial charge in [0, 0.05) is 18.1 Å². The van der Waals surface area contributed by atoms with E-state index in [1.165, 1.54) is 0 Å². The molecule has 0 saturated heterocycles. The first kappa shape index (κ1) is 22.1. The molecule has 2 N–H and O–H groups in total. The average molecular weight is 476 g/mol. The van der Waals surface area contributed by atoms with Gasteiger partial charge in [-0.2, -0.15) is 8.78 Å². The summed E-state index contributed by atoms with van der Waals surface area (Å²) in [7, 11) is 0.824. The Balaban J connectivity index is 1.53. The van der Waals surface area contributed by atoms with Gasteiger partial charge in [-0.1, -0.05) is 0 Å². The summed E-state index contributed by atoms with van der Waals surface area (Å²) in [5.74, 6) is -9.97. The maximum absolute atomic E-state index is 14.1. The standard InChI is InChI=1S/C21H12F4N4O3S/c1-31-18-16(24)14(22)13(15(23)17(18)25)19(30)29-21(33)27-10-4-5-12-11(7-10)28-20(32-12)9-3-2-6-26-8-9/h2-8H,1H3,(H2,27,29,30,33). The summed E-state index contributed by atoms with van der Waals surface area (Å²) in [4.78, 5) is 20.6. The van der Waals surface area contributed by atoms with Gasteiger partial charge in [0.15, 0.2) is 28.1 Å². The van der Waals surface area contributed by atoms with Crippen molar-refractivity contribution >= 4 is 40.0 Å². The van der Waals surface area contributed by atoms with Crippen LogP contribution < -0.4 is 15.4 Å². The van der Waals surface area contributed by atoms with Gasteiger partial charge in [0.25, 0.3) is 5.91 Å². The summed E-state index contributed by atoms with van der Waals surface area (Å²) >= 11 is 4.97. The third kappa shape index (κ3) is 4.20. The van der Waals surface area contributed by atoms with E-state index in [-0.39, 0.29) is 5.11 Å². The van der Waals surface area contributed by atoms with E-state index in [2.05, 4.69) is 20.0 Å². The smallest absolute Gasteiger partial charge is 0.263 e. The van der Waals surface area contributed by atoms with Crippen LogP contribution >= 0.6 is 12.2 Å². The highest BCUT2D eigenvalue weighted by Crippen LogP contribution is 2.30. The number of nitrogens with one attached hydrogen (secondary N) is 2. The van der Waals surface area contributed by atoms with Crippen LogP contribution in [0.1, 0.15) is 10.4 Å². The van der Waals surface area contributed by atoms with E-state index < -0.39 is 40.5 Å². The molecule has 4 rings (SSSR count). The summed E-state index contributed by atoms with van der Waals surface area (Å²) in [5.41, 5.74) is 0.441. The van der Waals surface area contributed by atoms with Gasteiger partial charge in [0.1, 0.15) is 11.1 Å². The first-order valence-corrected chi connectivity index (χ1v) is 9.54. The Morgan fingerprint density at radius 2 is 1.82 bits per heavy atom. The highest BCUT2D eigenvalue weighted by atomic mass is 32.1. The van der Waals surface area contributed by atoms with Crippen LogP contribution in [-0.2, 0) is 0 Å². The van der Waals surface area contributed by atoms with E-state index in [1.807, 2.05) is 5.32 Å². The van der Waals surface area contributed by atoms with Crippen LogP contribution in [-0.4, -0.2) is 28.1 Å². The van der Waals surface area contributed by atoms with Gasteiger partial charge in [0.2, 0.25) is 17.5 Å². The summed E-state index contributed by atoms with van der Waals surface area (Å²) in [5, 5.41) is 4.21. The number of anilines is 1. The van der Waals surface area contributed by atoms with Crippen LogP contribution in [0.2, 0.25) is 0 Å². The number of halogens is 4. The third-order valence-corrected chi connectivity index (χ3v) is 4.64. The normalized spacial score (nSPS) is 10.8. The first-order valence-electron chi connectivity index (χ1n) is 9.13. The van der Waals surface area contributed by atoms with Crippen molar-refractivity contribution in [2.75, 3.05) is 12.4 Å². The van der Waals surface area contributed by atoms with Crippen molar-refractivity contribution in [3.05, 3.63) is 71.6 Å². The van der Waals surface area contributed by atoms with Gasteiger partial charge in [-0.05, 0) is 42.5 Å². The van der Waals surface area contributed by atoms with Crippen LogP contribution in [0, 0.1) is 23.3 Å². The number of rotatable bonds is 4. The molecule has 0 atom stereocenters. The Bertz CT molecular complexity index is 1370. The number of fused-ring (bicyclic) bond motifs is 1. The lowest BCUT2D eigenvalue weighted by atomic mass is 10.1. The van der Waals surface area contributed by atoms with Gasteiger partial charge < -0.3 is 14.5 Å².